The van der Waals surface area contributed by atoms with Gasteiger partial charge in [0.1, 0.15) is 0 Å². The first-order chi connectivity index (χ1) is 9.97. The van der Waals surface area contributed by atoms with E-state index in [1.807, 2.05) is 12.1 Å². The Morgan fingerprint density at radius 3 is 2.52 bits per heavy atom. The fraction of sp³-hybridized carbons (Fsp3) is 0.562. The van der Waals surface area contributed by atoms with Crippen LogP contribution in [0, 0.1) is 0 Å². The van der Waals surface area contributed by atoms with Crippen molar-refractivity contribution in [2.75, 3.05) is 40.9 Å². The molecule has 1 N–H and O–H groups in total. The maximum absolute atomic E-state index is 5.39. The molecular formula is C16H25N3O2. The Hall–Kier alpha value is -1.91. The van der Waals surface area contributed by atoms with Crippen LogP contribution in [-0.4, -0.2) is 51.8 Å². The van der Waals surface area contributed by atoms with Crippen molar-refractivity contribution in [3.63, 3.8) is 0 Å². The summed E-state index contributed by atoms with van der Waals surface area (Å²) < 4.78 is 10.7. The van der Waals surface area contributed by atoms with Crippen LogP contribution in [0.25, 0.3) is 0 Å². The highest BCUT2D eigenvalue weighted by atomic mass is 16.5. The van der Waals surface area contributed by atoms with E-state index in [1.165, 1.54) is 5.56 Å². The molecule has 2 rings (SSSR count). The van der Waals surface area contributed by atoms with E-state index in [1.54, 1.807) is 14.2 Å². The molecule has 1 aliphatic heterocycles. The van der Waals surface area contributed by atoms with Gasteiger partial charge >= 0.3 is 0 Å². The maximum atomic E-state index is 5.39. The van der Waals surface area contributed by atoms with Crippen molar-refractivity contribution in [3.05, 3.63) is 23.8 Å². The zero-order valence-corrected chi connectivity index (χ0v) is 13.6. The van der Waals surface area contributed by atoms with Crippen LogP contribution in [-0.2, 0) is 5.41 Å². The van der Waals surface area contributed by atoms with E-state index in [0.29, 0.717) is 0 Å². The van der Waals surface area contributed by atoms with Crippen LogP contribution in [0.5, 0.6) is 11.5 Å². The molecule has 1 aliphatic rings. The summed E-state index contributed by atoms with van der Waals surface area (Å²) in [6.45, 7) is 7.08. The first-order valence-corrected chi connectivity index (χ1v) is 7.20. The number of nitrogens with one attached hydrogen (secondary N) is 1. The summed E-state index contributed by atoms with van der Waals surface area (Å²) in [4.78, 5) is 6.60. The minimum Gasteiger partial charge on any atom is -0.493 e. The van der Waals surface area contributed by atoms with Crippen LogP contribution in [0.15, 0.2) is 23.2 Å². The SMILES string of the molecule is COc1ccc(C(C)(C)CNC2=NCCN2C)cc1OC. The predicted octanol–water partition coefficient (Wildman–Crippen LogP) is 1.87. The molecule has 21 heavy (non-hydrogen) atoms. The van der Waals surface area contributed by atoms with Crippen LogP contribution >= 0.6 is 0 Å². The van der Waals surface area contributed by atoms with Crippen LogP contribution in [0.2, 0.25) is 0 Å². The standard InChI is InChI=1S/C16H25N3O2/c1-16(2,11-18-15-17-8-9-19(15)3)12-6-7-13(20-4)14(10-12)21-5/h6-7,10H,8-9,11H2,1-5H3,(H,17,18). The third kappa shape index (κ3) is 3.40. The normalized spacial score (nSPS) is 14.9. The molecule has 0 unspecified atom stereocenters. The fourth-order valence-electron chi connectivity index (χ4n) is 2.38. The Bertz CT molecular complexity index is 526. The van der Waals surface area contributed by atoms with E-state index in [-0.39, 0.29) is 5.41 Å². The number of likely N-dealkylation sites (N-methyl/N-ethyl adjacent to an activating group) is 1. The highest BCUT2D eigenvalue weighted by molar-refractivity contribution is 5.81. The van der Waals surface area contributed by atoms with E-state index in [4.69, 9.17) is 9.47 Å². The Balaban J connectivity index is 2.11. The average Bonchev–Trinajstić information content (AvgIpc) is 2.89. The number of benzene rings is 1. The van der Waals surface area contributed by atoms with Gasteiger partial charge in [0.2, 0.25) is 0 Å². The summed E-state index contributed by atoms with van der Waals surface area (Å²) >= 11 is 0. The van der Waals surface area contributed by atoms with Gasteiger partial charge < -0.3 is 19.7 Å². The number of rotatable bonds is 5. The number of hydrogen-bond acceptors (Lipinski definition) is 5. The fourth-order valence-corrected chi connectivity index (χ4v) is 2.38. The van der Waals surface area contributed by atoms with Gasteiger partial charge in [0, 0.05) is 25.6 Å². The largest absolute Gasteiger partial charge is 0.493 e. The minimum atomic E-state index is -0.0362. The second kappa shape index (κ2) is 6.24. The molecule has 116 valence electrons. The van der Waals surface area contributed by atoms with Gasteiger partial charge in [-0.2, -0.15) is 0 Å². The lowest BCUT2D eigenvalue weighted by Crippen LogP contribution is -2.42. The third-order valence-electron chi connectivity index (χ3n) is 3.91. The lowest BCUT2D eigenvalue weighted by molar-refractivity contribution is 0.353. The number of aliphatic imine (C=N–C) groups is 1. The quantitative estimate of drug-likeness (QED) is 0.899. The highest BCUT2D eigenvalue weighted by Gasteiger charge is 2.24. The van der Waals surface area contributed by atoms with E-state index in [9.17, 15) is 0 Å². The van der Waals surface area contributed by atoms with Crippen LogP contribution in [0.4, 0.5) is 0 Å². The summed E-state index contributed by atoms with van der Waals surface area (Å²) in [6, 6.07) is 6.08. The molecular weight excluding hydrogens is 266 g/mol. The van der Waals surface area contributed by atoms with Crippen LogP contribution < -0.4 is 14.8 Å². The van der Waals surface area contributed by atoms with Crippen molar-refractivity contribution in [3.8, 4) is 11.5 Å². The number of ether oxygens (including phenoxy) is 2. The molecule has 0 aromatic heterocycles. The van der Waals surface area contributed by atoms with E-state index < -0.39 is 0 Å². The van der Waals surface area contributed by atoms with Crippen molar-refractivity contribution >= 4 is 5.96 Å². The molecule has 0 aliphatic carbocycles. The van der Waals surface area contributed by atoms with Crippen LogP contribution in [0.3, 0.4) is 0 Å². The second-order valence-corrected chi connectivity index (χ2v) is 5.93. The zero-order chi connectivity index (χ0) is 15.5. The van der Waals surface area contributed by atoms with Gasteiger partial charge in [-0.05, 0) is 17.7 Å². The van der Waals surface area contributed by atoms with E-state index >= 15 is 0 Å². The first-order valence-electron chi connectivity index (χ1n) is 7.20. The smallest absolute Gasteiger partial charge is 0.193 e. The van der Waals surface area contributed by atoms with Gasteiger partial charge in [-0.3, -0.25) is 4.99 Å². The van der Waals surface area contributed by atoms with Gasteiger partial charge in [-0.15, -0.1) is 0 Å². The molecule has 0 atom stereocenters. The lowest BCUT2D eigenvalue weighted by Gasteiger charge is -2.28. The summed E-state index contributed by atoms with van der Waals surface area (Å²) in [5.41, 5.74) is 1.17. The van der Waals surface area contributed by atoms with E-state index in [2.05, 4.69) is 42.2 Å². The van der Waals surface area contributed by atoms with E-state index in [0.717, 1.165) is 37.1 Å². The van der Waals surface area contributed by atoms with Gasteiger partial charge in [0.25, 0.3) is 0 Å². The molecule has 0 spiro atoms. The van der Waals surface area contributed by atoms with Gasteiger partial charge in [0.15, 0.2) is 17.5 Å². The van der Waals surface area contributed by atoms with Crippen molar-refractivity contribution in [1.29, 1.82) is 0 Å². The summed E-state index contributed by atoms with van der Waals surface area (Å²) in [6.07, 6.45) is 0. The predicted molar refractivity (Wildman–Crippen MR) is 85.5 cm³/mol. The van der Waals surface area contributed by atoms with Gasteiger partial charge in [-0.1, -0.05) is 19.9 Å². The monoisotopic (exact) mass is 291 g/mol. The molecule has 0 saturated heterocycles. The van der Waals surface area contributed by atoms with Crippen molar-refractivity contribution in [1.82, 2.24) is 10.2 Å². The number of hydrogen-bond donors (Lipinski definition) is 1. The molecule has 0 bridgehead atoms. The van der Waals surface area contributed by atoms with Crippen molar-refractivity contribution < 1.29 is 9.47 Å². The molecule has 0 saturated carbocycles. The Morgan fingerprint density at radius 2 is 1.95 bits per heavy atom. The lowest BCUT2D eigenvalue weighted by atomic mass is 9.84. The molecule has 0 radical (unpaired) electrons. The summed E-state index contributed by atoms with van der Waals surface area (Å²) in [5.74, 6) is 2.49. The van der Waals surface area contributed by atoms with Gasteiger partial charge in [0.05, 0.1) is 20.8 Å². The number of methoxy groups -OCH3 is 2. The third-order valence-corrected chi connectivity index (χ3v) is 3.91. The minimum absolute atomic E-state index is 0.0362. The average molecular weight is 291 g/mol. The number of nitrogens with zero attached hydrogens (tertiary/aromatic N) is 2. The van der Waals surface area contributed by atoms with Crippen LogP contribution in [0.1, 0.15) is 19.4 Å². The summed E-state index contributed by atoms with van der Waals surface area (Å²) in [5, 5.41) is 3.44. The van der Waals surface area contributed by atoms with Crippen molar-refractivity contribution in [2.45, 2.75) is 19.3 Å². The second-order valence-electron chi connectivity index (χ2n) is 5.93. The molecule has 5 heteroatoms. The molecule has 1 aromatic carbocycles. The Kier molecular flexibility index (Phi) is 4.60. The van der Waals surface area contributed by atoms with Gasteiger partial charge in [-0.25, -0.2) is 0 Å². The Morgan fingerprint density at radius 1 is 1.24 bits per heavy atom. The Labute approximate surface area is 127 Å². The topological polar surface area (TPSA) is 46.1 Å². The first kappa shape index (κ1) is 15.5. The molecule has 5 nitrogen and oxygen atoms in total. The molecule has 0 fully saturated rings. The van der Waals surface area contributed by atoms with Crippen molar-refractivity contribution in [2.24, 2.45) is 4.99 Å². The maximum Gasteiger partial charge on any atom is 0.193 e. The molecule has 0 amide bonds. The molecule has 1 heterocycles. The molecule has 1 aromatic rings. The number of guanidine groups is 1. The summed E-state index contributed by atoms with van der Waals surface area (Å²) in [7, 11) is 5.37. The zero-order valence-electron chi connectivity index (χ0n) is 13.6. The highest BCUT2D eigenvalue weighted by Crippen LogP contribution is 2.32.